The molecule has 7 heteroatoms. The Labute approximate surface area is 104 Å². The maximum absolute atomic E-state index is 13.5. The van der Waals surface area contributed by atoms with Crippen LogP contribution in [0, 0.1) is 11.6 Å². The van der Waals surface area contributed by atoms with E-state index in [1.165, 1.54) is 6.08 Å². The smallest absolute Gasteiger partial charge is 0.246 e. The van der Waals surface area contributed by atoms with Gasteiger partial charge in [-0.3, -0.25) is 0 Å². The molecular formula is C11H13F2NO3S. The van der Waals surface area contributed by atoms with Crippen LogP contribution in [0.25, 0.3) is 0 Å². The molecule has 0 aliphatic heterocycles. The monoisotopic (exact) mass is 277 g/mol. The fourth-order valence-electron chi connectivity index (χ4n) is 1.39. The zero-order chi connectivity index (χ0) is 13.8. The number of hydrogen-bond donors (Lipinski definition) is 1. The molecule has 0 amide bonds. The van der Waals surface area contributed by atoms with Gasteiger partial charge in [0.1, 0.15) is 16.5 Å². The highest BCUT2D eigenvalue weighted by atomic mass is 32.2. The molecule has 0 fully saturated rings. The molecule has 100 valence electrons. The van der Waals surface area contributed by atoms with Gasteiger partial charge in [-0.2, -0.15) is 4.31 Å². The highest BCUT2D eigenvalue weighted by Crippen LogP contribution is 2.19. The molecule has 0 unspecified atom stereocenters. The lowest BCUT2D eigenvalue weighted by Gasteiger charge is -2.19. The van der Waals surface area contributed by atoms with E-state index in [4.69, 9.17) is 5.11 Å². The van der Waals surface area contributed by atoms with E-state index in [0.717, 1.165) is 16.4 Å². The quantitative estimate of drug-likeness (QED) is 0.793. The average Bonchev–Trinajstić information content (AvgIpc) is 2.28. The number of halogens is 2. The van der Waals surface area contributed by atoms with Crippen molar-refractivity contribution in [3.05, 3.63) is 42.5 Å². The molecule has 0 spiro atoms. The van der Waals surface area contributed by atoms with E-state index in [-0.39, 0.29) is 13.1 Å². The van der Waals surface area contributed by atoms with Gasteiger partial charge in [-0.15, -0.1) is 6.58 Å². The van der Waals surface area contributed by atoms with Crippen molar-refractivity contribution in [3.63, 3.8) is 0 Å². The lowest BCUT2D eigenvalue weighted by molar-refractivity contribution is 0.260. The van der Waals surface area contributed by atoms with E-state index < -0.39 is 33.2 Å². The predicted octanol–water partition coefficient (Wildman–Crippen LogP) is 1.13. The van der Waals surface area contributed by atoms with E-state index in [9.17, 15) is 17.2 Å². The second-order valence-corrected chi connectivity index (χ2v) is 5.36. The summed E-state index contributed by atoms with van der Waals surface area (Å²) in [7, 11) is -4.11. The molecule has 0 aliphatic carbocycles. The first-order valence-corrected chi connectivity index (χ1v) is 6.54. The minimum atomic E-state index is -4.11. The summed E-state index contributed by atoms with van der Waals surface area (Å²) < 4.78 is 51.1. The first-order valence-electron chi connectivity index (χ1n) is 5.10. The van der Waals surface area contributed by atoms with Gasteiger partial charge in [0.15, 0.2) is 0 Å². The summed E-state index contributed by atoms with van der Waals surface area (Å²) in [6, 6.07) is 2.21. The Hall–Kier alpha value is -1.31. The van der Waals surface area contributed by atoms with Crippen molar-refractivity contribution in [3.8, 4) is 0 Å². The fourth-order valence-corrected chi connectivity index (χ4v) is 2.84. The van der Waals surface area contributed by atoms with Crippen LogP contribution in [-0.4, -0.2) is 37.5 Å². The van der Waals surface area contributed by atoms with Crippen LogP contribution >= 0.6 is 0 Å². The molecule has 0 radical (unpaired) electrons. The van der Waals surface area contributed by atoms with E-state index in [0.29, 0.717) is 6.07 Å². The molecular weight excluding hydrogens is 264 g/mol. The molecule has 18 heavy (non-hydrogen) atoms. The van der Waals surface area contributed by atoms with Crippen molar-refractivity contribution in [1.82, 2.24) is 4.31 Å². The number of benzene rings is 1. The van der Waals surface area contributed by atoms with Gasteiger partial charge in [0, 0.05) is 19.2 Å². The molecule has 1 aromatic carbocycles. The third-order valence-electron chi connectivity index (χ3n) is 2.19. The van der Waals surface area contributed by atoms with Crippen molar-refractivity contribution in [2.24, 2.45) is 0 Å². The minimum Gasteiger partial charge on any atom is -0.395 e. The zero-order valence-electron chi connectivity index (χ0n) is 9.51. The van der Waals surface area contributed by atoms with E-state index >= 15 is 0 Å². The van der Waals surface area contributed by atoms with Gasteiger partial charge in [-0.25, -0.2) is 17.2 Å². The van der Waals surface area contributed by atoms with Crippen molar-refractivity contribution in [1.29, 1.82) is 0 Å². The highest BCUT2D eigenvalue weighted by molar-refractivity contribution is 7.89. The fraction of sp³-hybridized carbons (Fsp3) is 0.273. The SMILES string of the molecule is C=CCN(CCO)S(=O)(=O)c1ccc(F)cc1F. The normalized spacial score (nSPS) is 11.8. The molecule has 1 aromatic rings. The summed E-state index contributed by atoms with van der Waals surface area (Å²) in [6.45, 7) is 2.72. The van der Waals surface area contributed by atoms with Gasteiger partial charge in [0.25, 0.3) is 0 Å². The molecule has 4 nitrogen and oxygen atoms in total. The molecule has 0 aliphatic rings. The molecule has 1 rings (SSSR count). The van der Waals surface area contributed by atoms with Crippen molar-refractivity contribution >= 4 is 10.0 Å². The summed E-state index contributed by atoms with van der Waals surface area (Å²) in [5.41, 5.74) is 0. The molecule has 0 aromatic heterocycles. The zero-order valence-corrected chi connectivity index (χ0v) is 10.3. The van der Waals surface area contributed by atoms with Crippen LogP contribution in [-0.2, 0) is 10.0 Å². The van der Waals surface area contributed by atoms with Gasteiger partial charge in [-0.1, -0.05) is 6.08 Å². The number of aliphatic hydroxyl groups excluding tert-OH is 1. The van der Waals surface area contributed by atoms with E-state index in [1.54, 1.807) is 0 Å². The number of nitrogens with zero attached hydrogens (tertiary/aromatic N) is 1. The van der Waals surface area contributed by atoms with Crippen molar-refractivity contribution in [2.75, 3.05) is 19.7 Å². The number of sulfonamides is 1. The van der Waals surface area contributed by atoms with Crippen LogP contribution in [0.4, 0.5) is 8.78 Å². The van der Waals surface area contributed by atoms with Gasteiger partial charge >= 0.3 is 0 Å². The maximum Gasteiger partial charge on any atom is 0.246 e. The van der Waals surface area contributed by atoms with Gasteiger partial charge in [-0.05, 0) is 12.1 Å². The van der Waals surface area contributed by atoms with Crippen molar-refractivity contribution in [2.45, 2.75) is 4.90 Å². The first-order chi connectivity index (χ1) is 8.43. The van der Waals surface area contributed by atoms with Crippen LogP contribution in [0.1, 0.15) is 0 Å². The standard InChI is InChI=1S/C11H13F2NO3S/c1-2-5-14(6-7-15)18(16,17)11-4-3-9(12)8-10(11)13/h2-4,8,15H,1,5-7H2. The predicted molar refractivity (Wildman–Crippen MR) is 62.4 cm³/mol. The molecule has 0 bridgehead atoms. The highest BCUT2D eigenvalue weighted by Gasteiger charge is 2.26. The second-order valence-electron chi connectivity index (χ2n) is 3.45. The number of rotatable bonds is 6. The van der Waals surface area contributed by atoms with Crippen LogP contribution in [0.15, 0.2) is 35.7 Å². The van der Waals surface area contributed by atoms with Gasteiger partial charge < -0.3 is 5.11 Å². The molecule has 1 N–H and O–H groups in total. The summed E-state index contributed by atoms with van der Waals surface area (Å²) in [5.74, 6) is -2.02. The molecule has 0 atom stereocenters. The Bertz CT molecular complexity index is 531. The summed E-state index contributed by atoms with van der Waals surface area (Å²) >= 11 is 0. The maximum atomic E-state index is 13.5. The third kappa shape index (κ3) is 3.12. The third-order valence-corrected chi connectivity index (χ3v) is 4.09. The largest absolute Gasteiger partial charge is 0.395 e. The Morgan fingerprint density at radius 2 is 2.06 bits per heavy atom. The minimum absolute atomic E-state index is 0.0697. The average molecular weight is 277 g/mol. The topological polar surface area (TPSA) is 57.6 Å². The second kappa shape index (κ2) is 6.03. The van der Waals surface area contributed by atoms with E-state index in [2.05, 4.69) is 6.58 Å². The van der Waals surface area contributed by atoms with Crippen molar-refractivity contribution < 1.29 is 22.3 Å². The van der Waals surface area contributed by atoms with Crippen LogP contribution in [0.3, 0.4) is 0 Å². The van der Waals surface area contributed by atoms with Crippen LogP contribution < -0.4 is 0 Å². The Balaban J connectivity index is 3.21. The van der Waals surface area contributed by atoms with Crippen LogP contribution in [0.5, 0.6) is 0 Å². The number of aliphatic hydroxyl groups is 1. The van der Waals surface area contributed by atoms with Gasteiger partial charge in [0.2, 0.25) is 10.0 Å². The summed E-state index contributed by atoms with van der Waals surface area (Å²) in [4.78, 5) is -0.626. The molecule has 0 heterocycles. The molecule has 0 saturated heterocycles. The van der Waals surface area contributed by atoms with Gasteiger partial charge in [0.05, 0.1) is 6.61 Å². The Kier molecular flexibility index (Phi) is 4.94. The molecule has 0 saturated carbocycles. The Morgan fingerprint density at radius 3 is 2.56 bits per heavy atom. The van der Waals surface area contributed by atoms with Crippen LogP contribution in [0.2, 0.25) is 0 Å². The summed E-state index contributed by atoms with van der Waals surface area (Å²) in [6.07, 6.45) is 1.31. The first kappa shape index (κ1) is 14.7. The summed E-state index contributed by atoms with van der Waals surface area (Å²) in [5, 5.41) is 8.79. The Morgan fingerprint density at radius 1 is 1.39 bits per heavy atom. The lowest BCUT2D eigenvalue weighted by atomic mass is 10.3. The number of hydrogen-bond acceptors (Lipinski definition) is 3. The lowest BCUT2D eigenvalue weighted by Crippen LogP contribution is -2.34. The van der Waals surface area contributed by atoms with E-state index in [1.807, 2.05) is 0 Å².